The number of hydrogen-bond donors (Lipinski definition) is 2. The average molecular weight is 387 g/mol. The van der Waals surface area contributed by atoms with Crippen molar-refractivity contribution in [3.8, 4) is 0 Å². The van der Waals surface area contributed by atoms with Crippen molar-refractivity contribution in [3.05, 3.63) is 95.8 Å². The van der Waals surface area contributed by atoms with Crippen LogP contribution < -0.4 is 10.6 Å². The second-order valence-electron chi connectivity index (χ2n) is 5.80. The summed E-state index contributed by atoms with van der Waals surface area (Å²) in [5.74, 6) is 0. The van der Waals surface area contributed by atoms with Crippen molar-refractivity contribution < 1.29 is 13.2 Å². The third-order valence-electron chi connectivity index (χ3n) is 3.90. The molecule has 1 heterocycles. The number of hydrogen-bond acceptors (Lipinski definition) is 2. The van der Waals surface area contributed by atoms with Crippen molar-refractivity contribution in [1.29, 1.82) is 0 Å². The maximum atomic E-state index is 12.9. The molecule has 2 N–H and O–H groups in total. The molecule has 3 aromatic rings. The van der Waals surface area contributed by atoms with E-state index < -0.39 is 11.7 Å². The maximum Gasteiger partial charge on any atom is 0.416 e. The molecule has 1 aromatic heterocycles. The number of halogens is 3. The van der Waals surface area contributed by atoms with Gasteiger partial charge in [-0.05, 0) is 53.7 Å². The third-order valence-corrected chi connectivity index (χ3v) is 4.12. The van der Waals surface area contributed by atoms with Gasteiger partial charge in [0.1, 0.15) is 0 Å². The number of alkyl halides is 3. The van der Waals surface area contributed by atoms with E-state index in [1.165, 1.54) is 12.1 Å². The van der Waals surface area contributed by atoms with E-state index in [2.05, 4.69) is 15.6 Å². The van der Waals surface area contributed by atoms with Gasteiger partial charge in [-0.1, -0.05) is 36.4 Å². The predicted octanol–water partition coefficient (Wildman–Crippen LogP) is 5.18. The number of aromatic nitrogens is 1. The highest BCUT2D eigenvalue weighted by atomic mass is 32.1. The largest absolute Gasteiger partial charge is 0.416 e. The van der Waals surface area contributed by atoms with Gasteiger partial charge in [0.15, 0.2) is 5.11 Å². The Balaban J connectivity index is 1.80. The standard InChI is InChI=1S/C20H16F3N3S/c21-20(22,23)16-7-4-8-17(13-16)25-19(27)26-18(14-5-2-1-3-6-14)15-9-11-24-12-10-15/h1-13,18H,(H2,25,26,27). The first-order chi connectivity index (χ1) is 12.9. The third kappa shape index (κ3) is 5.04. The minimum Gasteiger partial charge on any atom is -0.352 e. The number of anilines is 1. The number of rotatable bonds is 4. The molecule has 1 unspecified atom stereocenters. The molecule has 1 atom stereocenters. The first-order valence-electron chi connectivity index (χ1n) is 8.13. The van der Waals surface area contributed by atoms with E-state index in [1.54, 1.807) is 12.4 Å². The second-order valence-corrected chi connectivity index (χ2v) is 6.21. The SMILES string of the molecule is FC(F)(F)c1cccc(NC(=S)NC(c2ccccc2)c2ccncc2)c1. The topological polar surface area (TPSA) is 37.0 Å². The van der Waals surface area contributed by atoms with Crippen molar-refractivity contribution in [2.45, 2.75) is 12.2 Å². The lowest BCUT2D eigenvalue weighted by Gasteiger charge is -2.22. The van der Waals surface area contributed by atoms with E-state index in [0.717, 1.165) is 23.3 Å². The van der Waals surface area contributed by atoms with Crippen LogP contribution in [-0.2, 0) is 6.18 Å². The van der Waals surface area contributed by atoms with Gasteiger partial charge in [0.05, 0.1) is 11.6 Å². The van der Waals surface area contributed by atoms with Crippen molar-refractivity contribution in [2.24, 2.45) is 0 Å². The first kappa shape index (κ1) is 18.8. The van der Waals surface area contributed by atoms with Gasteiger partial charge in [-0.2, -0.15) is 13.2 Å². The molecule has 0 saturated carbocycles. The van der Waals surface area contributed by atoms with Crippen molar-refractivity contribution in [1.82, 2.24) is 10.3 Å². The lowest BCUT2D eigenvalue weighted by atomic mass is 10.00. The van der Waals surface area contributed by atoms with Crippen LogP contribution in [0.2, 0.25) is 0 Å². The normalized spacial score (nSPS) is 12.3. The molecular formula is C20H16F3N3S. The molecular weight excluding hydrogens is 371 g/mol. The molecule has 0 aliphatic heterocycles. The fraction of sp³-hybridized carbons (Fsp3) is 0.100. The quantitative estimate of drug-likeness (QED) is 0.605. The van der Waals surface area contributed by atoms with E-state index in [-0.39, 0.29) is 16.8 Å². The zero-order valence-electron chi connectivity index (χ0n) is 14.1. The van der Waals surface area contributed by atoms with E-state index in [0.29, 0.717) is 0 Å². The van der Waals surface area contributed by atoms with Gasteiger partial charge in [-0.25, -0.2) is 0 Å². The highest BCUT2D eigenvalue weighted by Crippen LogP contribution is 2.30. The molecule has 2 aromatic carbocycles. The number of thiocarbonyl (C=S) groups is 1. The highest BCUT2D eigenvalue weighted by Gasteiger charge is 2.30. The highest BCUT2D eigenvalue weighted by molar-refractivity contribution is 7.80. The summed E-state index contributed by atoms with van der Waals surface area (Å²) in [6, 6.07) is 18.0. The maximum absolute atomic E-state index is 12.9. The van der Waals surface area contributed by atoms with Crippen molar-refractivity contribution in [3.63, 3.8) is 0 Å². The molecule has 0 fully saturated rings. The van der Waals surface area contributed by atoms with E-state index >= 15 is 0 Å². The van der Waals surface area contributed by atoms with Gasteiger partial charge in [-0.15, -0.1) is 0 Å². The van der Waals surface area contributed by atoms with Gasteiger partial charge < -0.3 is 10.6 Å². The monoisotopic (exact) mass is 387 g/mol. The van der Waals surface area contributed by atoms with Crippen molar-refractivity contribution >= 4 is 23.0 Å². The van der Waals surface area contributed by atoms with Crippen LogP contribution in [0.5, 0.6) is 0 Å². The Morgan fingerprint density at radius 1 is 0.889 bits per heavy atom. The van der Waals surface area contributed by atoms with Crippen LogP contribution in [0.15, 0.2) is 79.1 Å². The van der Waals surface area contributed by atoms with Gasteiger partial charge in [-0.3, -0.25) is 4.98 Å². The number of pyridine rings is 1. The molecule has 0 bridgehead atoms. The summed E-state index contributed by atoms with van der Waals surface area (Å²) in [6.07, 6.45) is -1.05. The van der Waals surface area contributed by atoms with Crippen LogP contribution >= 0.6 is 12.2 Å². The summed E-state index contributed by atoms with van der Waals surface area (Å²) in [6.45, 7) is 0. The molecule has 0 aliphatic carbocycles. The average Bonchev–Trinajstić information content (AvgIpc) is 2.67. The summed E-state index contributed by atoms with van der Waals surface area (Å²) in [5.41, 5.74) is 1.44. The second kappa shape index (κ2) is 8.18. The zero-order chi connectivity index (χ0) is 19.3. The number of benzene rings is 2. The summed E-state index contributed by atoms with van der Waals surface area (Å²) in [5, 5.41) is 6.22. The van der Waals surface area contributed by atoms with Gasteiger partial charge in [0.2, 0.25) is 0 Å². The summed E-state index contributed by atoms with van der Waals surface area (Å²) in [4.78, 5) is 4.02. The lowest BCUT2D eigenvalue weighted by Crippen LogP contribution is -2.33. The van der Waals surface area contributed by atoms with E-state index in [1.807, 2.05) is 42.5 Å². The van der Waals surface area contributed by atoms with Crippen LogP contribution in [0, 0.1) is 0 Å². The molecule has 0 spiro atoms. The summed E-state index contributed by atoms with van der Waals surface area (Å²) < 4.78 is 38.6. The van der Waals surface area contributed by atoms with Gasteiger partial charge in [0.25, 0.3) is 0 Å². The van der Waals surface area contributed by atoms with Crippen LogP contribution in [0.3, 0.4) is 0 Å². The fourth-order valence-corrected chi connectivity index (χ4v) is 2.87. The molecule has 0 radical (unpaired) electrons. The molecule has 3 rings (SSSR count). The zero-order valence-corrected chi connectivity index (χ0v) is 14.9. The molecule has 0 saturated heterocycles. The smallest absolute Gasteiger partial charge is 0.352 e. The van der Waals surface area contributed by atoms with Crippen molar-refractivity contribution in [2.75, 3.05) is 5.32 Å². The minimum atomic E-state index is -4.41. The summed E-state index contributed by atoms with van der Waals surface area (Å²) >= 11 is 5.33. The van der Waals surface area contributed by atoms with Gasteiger partial charge >= 0.3 is 6.18 Å². The Morgan fingerprint density at radius 2 is 1.56 bits per heavy atom. The Kier molecular flexibility index (Phi) is 5.71. The minimum absolute atomic E-state index is 0.222. The molecule has 27 heavy (non-hydrogen) atoms. The van der Waals surface area contributed by atoms with E-state index in [9.17, 15) is 13.2 Å². The Labute approximate surface area is 160 Å². The van der Waals surface area contributed by atoms with E-state index in [4.69, 9.17) is 12.2 Å². The Morgan fingerprint density at radius 3 is 2.22 bits per heavy atom. The molecule has 0 aliphatic rings. The number of nitrogens with zero attached hydrogens (tertiary/aromatic N) is 1. The van der Waals surface area contributed by atoms with Crippen LogP contribution in [-0.4, -0.2) is 10.1 Å². The van der Waals surface area contributed by atoms with Crippen LogP contribution in [0.4, 0.5) is 18.9 Å². The van der Waals surface area contributed by atoms with Crippen LogP contribution in [0.25, 0.3) is 0 Å². The number of nitrogens with one attached hydrogen (secondary N) is 2. The molecule has 0 amide bonds. The molecule has 138 valence electrons. The Hall–Kier alpha value is -2.93. The summed E-state index contributed by atoms with van der Waals surface area (Å²) in [7, 11) is 0. The first-order valence-corrected chi connectivity index (χ1v) is 8.54. The fourth-order valence-electron chi connectivity index (χ4n) is 2.63. The van der Waals surface area contributed by atoms with Crippen LogP contribution in [0.1, 0.15) is 22.7 Å². The lowest BCUT2D eigenvalue weighted by molar-refractivity contribution is -0.137. The predicted molar refractivity (Wildman–Crippen MR) is 103 cm³/mol. The molecule has 3 nitrogen and oxygen atoms in total. The molecule has 7 heteroatoms. The Bertz CT molecular complexity index is 860. The van der Waals surface area contributed by atoms with Gasteiger partial charge in [0, 0.05) is 18.1 Å².